The molecule has 1 saturated heterocycles. The van der Waals surface area contributed by atoms with Gasteiger partial charge in [-0.15, -0.1) is 11.3 Å². The van der Waals surface area contributed by atoms with Crippen molar-refractivity contribution in [1.82, 2.24) is 15.2 Å². The predicted molar refractivity (Wildman–Crippen MR) is 173 cm³/mol. The minimum atomic E-state index is -2.98. The van der Waals surface area contributed by atoms with Gasteiger partial charge in [-0.25, -0.2) is 13.4 Å². The number of hydrogen-bond acceptors (Lipinski definition) is 8. The smallest absolute Gasteiger partial charge is 0.224 e. The minimum absolute atomic E-state index is 0.0405. The van der Waals surface area contributed by atoms with Crippen molar-refractivity contribution in [3.63, 3.8) is 0 Å². The molecule has 0 radical (unpaired) electrons. The van der Waals surface area contributed by atoms with E-state index < -0.39 is 15.8 Å². The summed E-state index contributed by atoms with van der Waals surface area (Å²) >= 11 is 1.59. The third-order valence-corrected chi connectivity index (χ3v) is 11.6. The molecule has 2 aromatic rings. The first-order valence-corrected chi connectivity index (χ1v) is 18.5. The number of thiazole rings is 1. The summed E-state index contributed by atoms with van der Waals surface area (Å²) in [6.45, 7) is 9.31. The largest absolute Gasteiger partial charge is 0.353 e. The standard InChI is InChI=1S/C33H47N3O5S2/c1-4-8-27(37)20-26(21-32-34-29-12-11-24(5-2)19-31(29)42-32)33(39)35-28(25-9-6-7-10-25)13-14-30(38)23(3)22-36-15-17-43(40,41)18-16-36/h11-12,19,25-26,28H,3-10,13-18,20-22H2,1-2H3,(H,35,39)/t26-,28+/m0/s1. The van der Waals surface area contributed by atoms with Gasteiger partial charge in [-0.2, -0.15) is 0 Å². The molecule has 1 amide bonds. The fourth-order valence-corrected chi connectivity index (χ4v) is 8.65. The Bertz CT molecular complexity index is 1400. The highest BCUT2D eigenvalue weighted by Gasteiger charge is 2.31. The van der Waals surface area contributed by atoms with Gasteiger partial charge < -0.3 is 5.32 Å². The van der Waals surface area contributed by atoms with Crippen LogP contribution < -0.4 is 5.32 Å². The van der Waals surface area contributed by atoms with E-state index >= 15 is 0 Å². The zero-order valence-corrected chi connectivity index (χ0v) is 27.4. The van der Waals surface area contributed by atoms with Crippen LogP contribution in [0.5, 0.6) is 0 Å². The molecule has 1 N–H and O–H groups in total. The second-order valence-electron chi connectivity index (χ2n) is 12.3. The summed E-state index contributed by atoms with van der Waals surface area (Å²) in [7, 11) is -2.98. The third kappa shape index (κ3) is 9.78. The SMILES string of the molecule is C=C(CN1CCS(=O)(=O)CC1)C(=O)CC[C@@H](NC(=O)[C@@H](CC(=O)CCC)Cc1nc2ccc(CC)cc2s1)C1CCCC1. The van der Waals surface area contributed by atoms with Gasteiger partial charge in [0.15, 0.2) is 15.6 Å². The molecule has 1 aliphatic carbocycles. The molecule has 2 atom stereocenters. The van der Waals surface area contributed by atoms with Crippen LogP contribution in [-0.4, -0.2) is 73.0 Å². The van der Waals surface area contributed by atoms with Crippen molar-refractivity contribution < 1.29 is 22.8 Å². The van der Waals surface area contributed by atoms with E-state index in [1.807, 2.05) is 17.9 Å². The molecule has 1 aromatic carbocycles. The monoisotopic (exact) mass is 629 g/mol. The summed E-state index contributed by atoms with van der Waals surface area (Å²) in [5, 5.41) is 4.15. The number of amides is 1. The molecule has 1 aliphatic heterocycles. The second-order valence-corrected chi connectivity index (χ2v) is 15.7. The van der Waals surface area contributed by atoms with Crippen LogP contribution >= 0.6 is 11.3 Å². The highest BCUT2D eigenvalue weighted by molar-refractivity contribution is 7.91. The first-order chi connectivity index (χ1) is 20.6. The van der Waals surface area contributed by atoms with Crippen LogP contribution in [0.4, 0.5) is 0 Å². The van der Waals surface area contributed by atoms with Gasteiger partial charge in [0.05, 0.1) is 32.6 Å². The average Bonchev–Trinajstić information content (AvgIpc) is 3.65. The van der Waals surface area contributed by atoms with Gasteiger partial charge in [-0.3, -0.25) is 19.3 Å². The predicted octanol–water partition coefficient (Wildman–Crippen LogP) is 5.09. The Labute approximate surface area is 260 Å². The van der Waals surface area contributed by atoms with Crippen LogP contribution in [0.3, 0.4) is 0 Å². The fourth-order valence-electron chi connectivity index (χ4n) is 6.26. The van der Waals surface area contributed by atoms with E-state index in [0.717, 1.165) is 53.7 Å². The number of aryl methyl sites for hydroxylation is 1. The van der Waals surface area contributed by atoms with E-state index in [2.05, 4.69) is 31.0 Å². The molecule has 8 nitrogen and oxygen atoms in total. The number of nitrogens with one attached hydrogen (secondary N) is 1. The van der Waals surface area contributed by atoms with Crippen LogP contribution in [0.2, 0.25) is 0 Å². The molecule has 10 heteroatoms. The van der Waals surface area contributed by atoms with Crippen molar-refractivity contribution in [3.05, 3.63) is 40.9 Å². The number of hydrogen-bond donors (Lipinski definition) is 1. The molecule has 43 heavy (non-hydrogen) atoms. The van der Waals surface area contributed by atoms with Crippen LogP contribution in [0.1, 0.15) is 82.2 Å². The van der Waals surface area contributed by atoms with Crippen molar-refractivity contribution >= 4 is 48.9 Å². The zero-order valence-electron chi connectivity index (χ0n) is 25.7. The number of rotatable bonds is 16. The summed E-state index contributed by atoms with van der Waals surface area (Å²) in [4.78, 5) is 46.4. The number of fused-ring (bicyclic) bond motifs is 1. The van der Waals surface area contributed by atoms with Crippen molar-refractivity contribution in [3.8, 4) is 0 Å². The zero-order chi connectivity index (χ0) is 31.0. The van der Waals surface area contributed by atoms with Crippen molar-refractivity contribution in [1.29, 1.82) is 0 Å². The molecule has 2 aliphatic rings. The van der Waals surface area contributed by atoms with Crippen molar-refractivity contribution in [2.24, 2.45) is 11.8 Å². The van der Waals surface area contributed by atoms with Gasteiger partial charge in [0.2, 0.25) is 5.91 Å². The molecule has 1 saturated carbocycles. The lowest BCUT2D eigenvalue weighted by atomic mass is 9.90. The Morgan fingerprint density at radius 1 is 1.12 bits per heavy atom. The van der Waals surface area contributed by atoms with E-state index in [1.54, 1.807) is 11.3 Å². The minimum Gasteiger partial charge on any atom is -0.353 e. The molecule has 0 spiro atoms. The normalized spacial score (nSPS) is 18.8. The van der Waals surface area contributed by atoms with Gasteiger partial charge in [-0.1, -0.05) is 39.3 Å². The summed E-state index contributed by atoms with van der Waals surface area (Å²) in [6.07, 6.45) is 7.81. The van der Waals surface area contributed by atoms with Crippen LogP contribution in [-0.2, 0) is 37.1 Å². The number of benzene rings is 1. The second kappa shape index (κ2) is 15.5. The molecule has 1 aromatic heterocycles. The topological polar surface area (TPSA) is 114 Å². The van der Waals surface area contributed by atoms with Crippen LogP contribution in [0.25, 0.3) is 10.2 Å². The molecule has 2 heterocycles. The van der Waals surface area contributed by atoms with Gasteiger partial charge in [0, 0.05) is 56.9 Å². The molecule has 0 unspecified atom stereocenters. The maximum Gasteiger partial charge on any atom is 0.224 e. The fraction of sp³-hybridized carbons (Fsp3) is 0.636. The number of aromatic nitrogens is 1. The lowest BCUT2D eigenvalue weighted by molar-refractivity contribution is -0.130. The van der Waals surface area contributed by atoms with Gasteiger partial charge >= 0.3 is 0 Å². The first-order valence-electron chi connectivity index (χ1n) is 15.9. The maximum atomic E-state index is 13.8. The van der Waals surface area contributed by atoms with Crippen LogP contribution in [0.15, 0.2) is 30.4 Å². The molecular weight excluding hydrogens is 583 g/mol. The van der Waals surface area contributed by atoms with E-state index in [1.165, 1.54) is 5.56 Å². The Kier molecular flexibility index (Phi) is 12.1. The number of carbonyl (C=O) groups is 3. The molecule has 2 fully saturated rings. The number of ketones is 2. The lowest BCUT2D eigenvalue weighted by Crippen LogP contribution is -2.44. The van der Waals surface area contributed by atoms with E-state index in [-0.39, 0.29) is 47.9 Å². The number of Topliss-reactive ketones (excluding diaryl/α,β-unsaturated/α-hetero) is 2. The lowest BCUT2D eigenvalue weighted by Gasteiger charge is -2.28. The maximum absolute atomic E-state index is 13.8. The number of carbonyl (C=O) groups excluding carboxylic acids is 3. The number of nitrogens with zero attached hydrogens (tertiary/aromatic N) is 2. The van der Waals surface area contributed by atoms with Crippen molar-refractivity contribution in [2.75, 3.05) is 31.1 Å². The Morgan fingerprint density at radius 2 is 1.84 bits per heavy atom. The van der Waals surface area contributed by atoms with Crippen molar-refractivity contribution in [2.45, 2.75) is 90.5 Å². The summed E-state index contributed by atoms with van der Waals surface area (Å²) in [6, 6.07) is 6.12. The van der Waals surface area contributed by atoms with Gasteiger partial charge in [0.1, 0.15) is 5.78 Å². The summed E-state index contributed by atoms with van der Waals surface area (Å²) in [5.74, 6) is -0.0517. The average molecular weight is 630 g/mol. The third-order valence-electron chi connectivity index (χ3n) is 8.92. The highest BCUT2D eigenvalue weighted by Crippen LogP contribution is 2.31. The van der Waals surface area contributed by atoms with E-state index in [9.17, 15) is 22.8 Å². The van der Waals surface area contributed by atoms with Gasteiger partial charge in [-0.05, 0) is 55.7 Å². The quantitative estimate of drug-likeness (QED) is 0.258. The van der Waals surface area contributed by atoms with Gasteiger partial charge in [0.25, 0.3) is 0 Å². The molecule has 236 valence electrons. The molecule has 4 rings (SSSR count). The molecular formula is C33H47N3O5S2. The van der Waals surface area contributed by atoms with E-state index in [0.29, 0.717) is 50.4 Å². The Hall–Kier alpha value is -2.43. The first kappa shape index (κ1) is 33.5. The highest BCUT2D eigenvalue weighted by atomic mass is 32.2. The molecule has 0 bridgehead atoms. The Morgan fingerprint density at radius 3 is 2.51 bits per heavy atom. The summed E-state index contributed by atoms with van der Waals surface area (Å²) in [5.41, 5.74) is 2.65. The Balaban J connectivity index is 1.41. The van der Waals surface area contributed by atoms with E-state index in [4.69, 9.17) is 4.98 Å². The summed E-state index contributed by atoms with van der Waals surface area (Å²) < 4.78 is 24.6. The van der Waals surface area contributed by atoms with Crippen LogP contribution in [0, 0.1) is 11.8 Å². The number of sulfone groups is 1.